The molecule has 2 aliphatic rings. The molecule has 2 heterocycles. The Labute approximate surface area is 221 Å². The summed E-state index contributed by atoms with van der Waals surface area (Å²) in [6, 6.07) is 4.91. The number of urea groups is 1. The van der Waals surface area contributed by atoms with E-state index in [2.05, 4.69) is 10.6 Å². The standard InChI is InChI=1S/C24H25BN4O10/c1-2-28-6-7-29(22(34)21(28)33)24(37)27-18(13-8-14(30)11-15(31)9-13)20(32)26-17-10-12-4-3-5-16(23(35)36)19(12)39-25(17)38/h3-5,8-9,11,17-18,30-31,38H,2,6-7,10H2,1H3,(H,26,32)(H,27,37)(H,35,36). The van der Waals surface area contributed by atoms with Gasteiger partial charge in [0.1, 0.15) is 23.3 Å². The Morgan fingerprint density at radius 2 is 1.79 bits per heavy atom. The predicted octanol–water partition coefficient (Wildman–Crippen LogP) is -0.623. The predicted molar refractivity (Wildman–Crippen MR) is 133 cm³/mol. The number of carbonyl (C=O) groups is 5. The number of benzene rings is 2. The van der Waals surface area contributed by atoms with Crippen molar-refractivity contribution in [3.05, 3.63) is 53.1 Å². The van der Waals surface area contributed by atoms with Crippen LogP contribution in [0.2, 0.25) is 0 Å². The first-order valence-corrected chi connectivity index (χ1v) is 11.9. The van der Waals surface area contributed by atoms with Gasteiger partial charge in [0, 0.05) is 25.7 Å². The Balaban J connectivity index is 1.58. The van der Waals surface area contributed by atoms with E-state index in [9.17, 15) is 44.3 Å². The van der Waals surface area contributed by atoms with E-state index in [4.69, 9.17) is 4.65 Å². The second-order valence-electron chi connectivity index (χ2n) is 8.93. The minimum atomic E-state index is -1.66. The molecule has 6 N–H and O–H groups in total. The third kappa shape index (κ3) is 5.57. The molecule has 5 amide bonds. The van der Waals surface area contributed by atoms with Crippen LogP contribution >= 0.6 is 0 Å². The van der Waals surface area contributed by atoms with Gasteiger partial charge in [-0.3, -0.25) is 19.3 Å². The van der Waals surface area contributed by atoms with Gasteiger partial charge in [0.05, 0.1) is 11.5 Å². The Kier molecular flexibility index (Phi) is 7.62. The fourth-order valence-corrected chi connectivity index (χ4v) is 4.44. The first-order valence-electron chi connectivity index (χ1n) is 11.9. The molecule has 2 aromatic carbocycles. The lowest BCUT2D eigenvalue weighted by atomic mass is 9.72. The van der Waals surface area contributed by atoms with Crippen LogP contribution in [-0.4, -0.2) is 92.6 Å². The highest BCUT2D eigenvalue weighted by Crippen LogP contribution is 2.31. The number of para-hydroxylation sites is 1. The quantitative estimate of drug-likeness (QED) is 0.202. The molecule has 39 heavy (non-hydrogen) atoms. The number of nitrogens with one attached hydrogen (secondary N) is 2. The number of carbonyl (C=O) groups excluding carboxylic acids is 4. The second kappa shape index (κ2) is 10.9. The number of rotatable bonds is 6. The number of phenolic OH excluding ortho intramolecular Hbond substituents is 2. The zero-order valence-electron chi connectivity index (χ0n) is 20.7. The molecule has 0 aliphatic carbocycles. The number of likely N-dealkylation sites (N-methyl/N-ethyl adjacent to an activating group) is 1. The van der Waals surface area contributed by atoms with Gasteiger partial charge < -0.3 is 40.5 Å². The summed E-state index contributed by atoms with van der Waals surface area (Å²) in [6.07, 6.45) is -0.0265. The fraction of sp³-hybridized carbons (Fsp3) is 0.292. The number of fused-ring (bicyclic) bond motifs is 1. The van der Waals surface area contributed by atoms with Gasteiger partial charge in [0.15, 0.2) is 0 Å². The van der Waals surface area contributed by atoms with Gasteiger partial charge in [-0.1, -0.05) is 12.1 Å². The number of imide groups is 1. The number of carboxylic acids is 1. The molecule has 204 valence electrons. The lowest BCUT2D eigenvalue weighted by Crippen LogP contribution is -2.60. The van der Waals surface area contributed by atoms with E-state index < -0.39 is 60.3 Å². The van der Waals surface area contributed by atoms with Crippen molar-refractivity contribution in [2.24, 2.45) is 0 Å². The average Bonchev–Trinajstić information content (AvgIpc) is 2.88. The number of hydrogen-bond acceptors (Lipinski definition) is 9. The number of aromatic carboxylic acids is 1. The van der Waals surface area contributed by atoms with Crippen molar-refractivity contribution in [2.45, 2.75) is 25.3 Å². The second-order valence-corrected chi connectivity index (χ2v) is 8.93. The minimum Gasteiger partial charge on any atom is -0.534 e. The van der Waals surface area contributed by atoms with Crippen LogP contribution in [0.4, 0.5) is 4.79 Å². The van der Waals surface area contributed by atoms with E-state index >= 15 is 0 Å². The number of aromatic hydroxyl groups is 2. The molecule has 2 unspecified atom stereocenters. The zero-order valence-corrected chi connectivity index (χ0v) is 20.7. The maximum Gasteiger partial charge on any atom is 0.547 e. The van der Waals surface area contributed by atoms with Crippen LogP contribution in [0.3, 0.4) is 0 Å². The molecule has 14 nitrogen and oxygen atoms in total. The summed E-state index contributed by atoms with van der Waals surface area (Å²) < 4.78 is 5.38. The average molecular weight is 540 g/mol. The first kappa shape index (κ1) is 27.3. The highest BCUT2D eigenvalue weighted by molar-refractivity contribution is 6.47. The van der Waals surface area contributed by atoms with E-state index in [1.54, 1.807) is 13.0 Å². The van der Waals surface area contributed by atoms with Gasteiger partial charge in [-0.15, -0.1) is 0 Å². The van der Waals surface area contributed by atoms with Crippen molar-refractivity contribution in [2.75, 3.05) is 19.6 Å². The Hall–Kier alpha value is -4.79. The number of amides is 5. The lowest BCUT2D eigenvalue weighted by molar-refractivity contribution is -0.153. The van der Waals surface area contributed by atoms with Gasteiger partial charge in [-0.05, 0) is 42.7 Å². The monoisotopic (exact) mass is 540 g/mol. The molecule has 0 spiro atoms. The highest BCUT2D eigenvalue weighted by atomic mass is 16.5. The van der Waals surface area contributed by atoms with Crippen molar-refractivity contribution < 1.29 is 49.0 Å². The van der Waals surface area contributed by atoms with Crippen LogP contribution in [0.25, 0.3) is 0 Å². The van der Waals surface area contributed by atoms with Crippen molar-refractivity contribution in [3.8, 4) is 17.2 Å². The number of hydrogen-bond donors (Lipinski definition) is 6. The largest absolute Gasteiger partial charge is 0.547 e. The number of carboxylic acid groups (broad SMARTS) is 1. The molecule has 15 heteroatoms. The topological polar surface area (TPSA) is 206 Å². The minimum absolute atomic E-state index is 0.0265. The summed E-state index contributed by atoms with van der Waals surface area (Å²) in [5.41, 5.74) is 0.169. The van der Waals surface area contributed by atoms with Crippen molar-refractivity contribution in [1.82, 2.24) is 20.4 Å². The third-order valence-corrected chi connectivity index (χ3v) is 6.40. The highest BCUT2D eigenvalue weighted by Gasteiger charge is 2.41. The summed E-state index contributed by atoms with van der Waals surface area (Å²) in [4.78, 5) is 64.6. The zero-order chi connectivity index (χ0) is 28.4. The molecule has 0 radical (unpaired) electrons. The molecule has 1 saturated heterocycles. The first-order chi connectivity index (χ1) is 18.5. The maximum atomic E-state index is 13.4. The Bertz CT molecular complexity index is 1330. The van der Waals surface area contributed by atoms with Gasteiger partial charge in [-0.25, -0.2) is 9.59 Å². The summed E-state index contributed by atoms with van der Waals surface area (Å²) in [5, 5.41) is 44.7. The summed E-state index contributed by atoms with van der Waals surface area (Å²) >= 11 is 0. The molecule has 0 saturated carbocycles. The Morgan fingerprint density at radius 1 is 1.10 bits per heavy atom. The fourth-order valence-electron chi connectivity index (χ4n) is 4.44. The van der Waals surface area contributed by atoms with Crippen LogP contribution < -0.4 is 15.3 Å². The van der Waals surface area contributed by atoms with E-state index in [1.165, 1.54) is 17.0 Å². The van der Waals surface area contributed by atoms with Gasteiger partial charge >= 0.3 is 30.9 Å². The SMILES string of the molecule is CCN1CCN(C(=O)NC(C(=O)NC2Cc3cccc(C(=O)O)c3OB2O)c2cc(O)cc(O)c2)C(=O)C1=O. The van der Waals surface area contributed by atoms with E-state index in [0.29, 0.717) is 10.5 Å². The van der Waals surface area contributed by atoms with Crippen LogP contribution in [0.1, 0.15) is 34.5 Å². The molecular formula is C24H25BN4O10. The summed E-state index contributed by atoms with van der Waals surface area (Å²) in [6.45, 7) is 1.93. The normalized spacial score (nSPS) is 17.7. The van der Waals surface area contributed by atoms with Gasteiger partial charge in [0.25, 0.3) is 0 Å². The number of piperazine rings is 1. The van der Waals surface area contributed by atoms with E-state index in [0.717, 1.165) is 18.2 Å². The molecule has 2 atom stereocenters. The van der Waals surface area contributed by atoms with E-state index in [1.807, 2.05) is 0 Å². The molecule has 4 rings (SSSR count). The van der Waals surface area contributed by atoms with Crippen LogP contribution in [0.5, 0.6) is 17.2 Å². The van der Waals surface area contributed by atoms with Crippen molar-refractivity contribution in [1.29, 1.82) is 0 Å². The number of phenols is 2. The maximum absolute atomic E-state index is 13.4. The molecule has 0 bridgehead atoms. The van der Waals surface area contributed by atoms with Crippen molar-refractivity contribution >= 4 is 36.8 Å². The van der Waals surface area contributed by atoms with Crippen LogP contribution in [0, 0.1) is 0 Å². The third-order valence-electron chi connectivity index (χ3n) is 6.40. The summed E-state index contributed by atoms with van der Waals surface area (Å²) in [7, 11) is -1.66. The van der Waals surface area contributed by atoms with Crippen molar-refractivity contribution in [3.63, 3.8) is 0 Å². The molecule has 2 aromatic rings. The van der Waals surface area contributed by atoms with Crippen LogP contribution in [0.15, 0.2) is 36.4 Å². The summed E-state index contributed by atoms with van der Waals surface area (Å²) in [5.74, 6) is -6.11. The molecule has 0 aromatic heterocycles. The Morgan fingerprint density at radius 3 is 2.44 bits per heavy atom. The number of nitrogens with zero attached hydrogens (tertiary/aromatic N) is 2. The smallest absolute Gasteiger partial charge is 0.534 e. The van der Waals surface area contributed by atoms with Crippen LogP contribution in [-0.2, 0) is 20.8 Å². The van der Waals surface area contributed by atoms with Gasteiger partial charge in [0.2, 0.25) is 5.91 Å². The van der Waals surface area contributed by atoms with E-state index in [-0.39, 0.29) is 42.9 Å². The molecule has 1 fully saturated rings. The molecule has 2 aliphatic heterocycles. The lowest BCUT2D eigenvalue weighted by Gasteiger charge is -2.33. The van der Waals surface area contributed by atoms with Gasteiger partial charge in [-0.2, -0.15) is 0 Å². The molecular weight excluding hydrogens is 515 g/mol.